The summed E-state index contributed by atoms with van der Waals surface area (Å²) in [6, 6.07) is 10.6. The number of alkyl halides is 3. The maximum Gasteiger partial charge on any atom is 0.416 e. The summed E-state index contributed by atoms with van der Waals surface area (Å²) in [7, 11) is -3.46. The highest BCUT2D eigenvalue weighted by atomic mass is 35.5. The van der Waals surface area contributed by atoms with Crippen molar-refractivity contribution in [1.82, 2.24) is 5.32 Å². The summed E-state index contributed by atoms with van der Waals surface area (Å²) in [6.07, 6.45) is -4.45. The molecule has 2 aromatic carbocycles. The van der Waals surface area contributed by atoms with E-state index in [0.29, 0.717) is 16.1 Å². The first kappa shape index (κ1) is 22.5. The minimum Gasteiger partial charge on any atom is -0.352 e. The average molecular weight is 434 g/mol. The van der Waals surface area contributed by atoms with Gasteiger partial charge in [0.05, 0.1) is 12.0 Å². The lowest BCUT2D eigenvalue weighted by Crippen LogP contribution is -2.39. The van der Waals surface area contributed by atoms with Gasteiger partial charge in [0.15, 0.2) is 7.37 Å². The Bertz CT molecular complexity index is 865. The topological polar surface area (TPSA) is 66.4 Å². The van der Waals surface area contributed by atoms with Crippen molar-refractivity contribution < 1.29 is 27.4 Å². The van der Waals surface area contributed by atoms with Crippen LogP contribution >= 0.6 is 19.0 Å². The van der Waals surface area contributed by atoms with Crippen LogP contribution in [0.25, 0.3) is 0 Å². The SMILES string of the molecule is CP(=O)(O)C[C@H](Cc1ccc(C(F)(F)F)cc1)NC(=O)Cc1cccc(Cl)c1. The molecule has 2 atom stereocenters. The van der Waals surface area contributed by atoms with Crippen molar-refractivity contribution in [2.75, 3.05) is 12.8 Å². The van der Waals surface area contributed by atoms with Crippen molar-refractivity contribution in [3.05, 3.63) is 70.2 Å². The Morgan fingerprint density at radius 1 is 1.18 bits per heavy atom. The number of nitrogens with one attached hydrogen (secondary N) is 1. The number of hydrogen-bond donors (Lipinski definition) is 2. The largest absolute Gasteiger partial charge is 0.416 e. The molecular weight excluding hydrogens is 414 g/mol. The molecule has 28 heavy (non-hydrogen) atoms. The second kappa shape index (κ2) is 9.12. The van der Waals surface area contributed by atoms with Crippen molar-refractivity contribution in [2.24, 2.45) is 0 Å². The molecule has 0 bridgehead atoms. The number of hydrogen-bond acceptors (Lipinski definition) is 2. The molecule has 152 valence electrons. The van der Waals surface area contributed by atoms with E-state index in [1.54, 1.807) is 24.3 Å². The summed E-state index contributed by atoms with van der Waals surface area (Å²) in [6.45, 7) is 1.18. The number of rotatable bonds is 7. The number of carbonyl (C=O) groups excluding carboxylic acids is 1. The fourth-order valence-electron chi connectivity index (χ4n) is 2.80. The molecule has 4 nitrogen and oxygen atoms in total. The predicted molar refractivity (Wildman–Crippen MR) is 103 cm³/mol. The maximum atomic E-state index is 12.7. The minimum absolute atomic E-state index is 0.0313. The summed E-state index contributed by atoms with van der Waals surface area (Å²) >= 11 is 5.89. The maximum absolute atomic E-state index is 12.7. The zero-order valence-electron chi connectivity index (χ0n) is 15.0. The van der Waals surface area contributed by atoms with Crippen LogP contribution in [0, 0.1) is 0 Å². The van der Waals surface area contributed by atoms with Crippen molar-refractivity contribution in [3.63, 3.8) is 0 Å². The van der Waals surface area contributed by atoms with E-state index in [1.807, 2.05) is 0 Å². The second-order valence-electron chi connectivity index (χ2n) is 6.70. The van der Waals surface area contributed by atoms with Crippen molar-refractivity contribution in [2.45, 2.75) is 25.1 Å². The summed E-state index contributed by atoms with van der Waals surface area (Å²) in [5.41, 5.74) is 0.428. The van der Waals surface area contributed by atoms with E-state index < -0.39 is 25.2 Å². The first-order valence-corrected chi connectivity index (χ1v) is 11.1. The fraction of sp³-hybridized carbons (Fsp3) is 0.316. The number of halogens is 4. The Morgan fingerprint density at radius 3 is 2.36 bits per heavy atom. The molecule has 0 aliphatic carbocycles. The molecule has 0 saturated heterocycles. The van der Waals surface area contributed by atoms with Gasteiger partial charge in [-0.25, -0.2) is 0 Å². The summed E-state index contributed by atoms with van der Waals surface area (Å²) in [5.74, 6) is -0.368. The van der Waals surface area contributed by atoms with Gasteiger partial charge in [-0.2, -0.15) is 13.2 Å². The van der Waals surface area contributed by atoms with Gasteiger partial charge < -0.3 is 10.2 Å². The van der Waals surface area contributed by atoms with Crippen molar-refractivity contribution in [1.29, 1.82) is 0 Å². The van der Waals surface area contributed by atoms with Crippen LogP contribution in [0.3, 0.4) is 0 Å². The minimum atomic E-state index is -4.44. The molecule has 1 amide bonds. The molecule has 0 aromatic heterocycles. The molecule has 0 aliphatic rings. The summed E-state index contributed by atoms with van der Waals surface area (Å²) in [5, 5.41) is 3.18. The lowest BCUT2D eigenvalue weighted by molar-refractivity contribution is -0.137. The molecule has 2 aromatic rings. The van der Waals surface area contributed by atoms with Crippen LogP contribution in [0.1, 0.15) is 16.7 Å². The van der Waals surface area contributed by atoms with E-state index in [9.17, 15) is 27.4 Å². The molecule has 9 heteroatoms. The number of carbonyl (C=O) groups is 1. The van der Waals surface area contributed by atoms with Gasteiger partial charge in [-0.15, -0.1) is 0 Å². The van der Waals surface area contributed by atoms with Gasteiger partial charge in [0.25, 0.3) is 0 Å². The average Bonchev–Trinajstić information content (AvgIpc) is 2.52. The van der Waals surface area contributed by atoms with Crippen LogP contribution in [0.4, 0.5) is 13.2 Å². The molecule has 2 N–H and O–H groups in total. The highest BCUT2D eigenvalue weighted by molar-refractivity contribution is 7.57. The van der Waals surface area contributed by atoms with E-state index in [1.165, 1.54) is 18.8 Å². The molecule has 0 fully saturated rings. The predicted octanol–water partition coefficient (Wildman–Crippen LogP) is 4.53. The van der Waals surface area contributed by atoms with E-state index in [2.05, 4.69) is 5.32 Å². The van der Waals surface area contributed by atoms with Gasteiger partial charge in [-0.05, 0) is 41.8 Å². The Kier molecular flexibility index (Phi) is 7.32. The van der Waals surface area contributed by atoms with Crippen LogP contribution < -0.4 is 5.32 Å². The van der Waals surface area contributed by atoms with Crippen LogP contribution in [0.5, 0.6) is 0 Å². The Morgan fingerprint density at radius 2 is 1.82 bits per heavy atom. The van der Waals surface area contributed by atoms with Gasteiger partial charge >= 0.3 is 6.18 Å². The Balaban J connectivity index is 2.09. The standard InChI is InChI=1S/C19H20ClF3NO3P/c1-28(26,27)12-17(10-13-5-7-15(8-6-13)19(21,22)23)24-18(25)11-14-3-2-4-16(20)9-14/h2-9,17H,10-12H2,1H3,(H,24,25)(H,26,27)/t17-/m0/s1. The van der Waals surface area contributed by atoms with Crippen molar-refractivity contribution in [3.8, 4) is 0 Å². The quantitative estimate of drug-likeness (QED) is 0.630. The first-order valence-electron chi connectivity index (χ1n) is 8.41. The molecule has 2 rings (SSSR count). The van der Waals surface area contributed by atoms with E-state index >= 15 is 0 Å². The highest BCUT2D eigenvalue weighted by Crippen LogP contribution is 2.36. The normalized spacial score (nSPS) is 14.9. The summed E-state index contributed by atoms with van der Waals surface area (Å²) < 4.78 is 49.9. The lowest BCUT2D eigenvalue weighted by atomic mass is 10.0. The van der Waals surface area contributed by atoms with E-state index in [0.717, 1.165) is 12.1 Å². The monoisotopic (exact) mass is 433 g/mol. The van der Waals surface area contributed by atoms with Gasteiger partial charge in [-0.3, -0.25) is 9.36 Å². The Labute approximate surface area is 166 Å². The van der Waals surface area contributed by atoms with Gasteiger partial charge in [0.1, 0.15) is 0 Å². The third-order valence-corrected chi connectivity index (χ3v) is 5.29. The van der Waals surface area contributed by atoms with Crippen LogP contribution in [-0.4, -0.2) is 29.7 Å². The summed E-state index contributed by atoms with van der Waals surface area (Å²) in [4.78, 5) is 22.0. The highest BCUT2D eigenvalue weighted by Gasteiger charge is 2.30. The second-order valence-corrected chi connectivity index (χ2v) is 9.61. The van der Waals surface area contributed by atoms with E-state index in [-0.39, 0.29) is 24.9 Å². The zero-order chi connectivity index (χ0) is 20.9. The molecule has 1 unspecified atom stereocenters. The molecule has 0 radical (unpaired) electrons. The zero-order valence-corrected chi connectivity index (χ0v) is 16.7. The van der Waals surface area contributed by atoms with Crippen LogP contribution in [0.15, 0.2) is 48.5 Å². The van der Waals surface area contributed by atoms with Crippen molar-refractivity contribution >= 4 is 24.9 Å². The Hall–Kier alpha value is -1.82. The van der Waals surface area contributed by atoms with Crippen LogP contribution in [-0.2, 0) is 28.4 Å². The molecule has 0 heterocycles. The van der Waals surface area contributed by atoms with Gasteiger partial charge in [-0.1, -0.05) is 35.9 Å². The van der Waals surface area contributed by atoms with E-state index in [4.69, 9.17) is 11.6 Å². The molecule has 0 spiro atoms. The lowest BCUT2D eigenvalue weighted by Gasteiger charge is -2.21. The molecule has 0 saturated carbocycles. The third kappa shape index (κ3) is 7.66. The first-order chi connectivity index (χ1) is 12.9. The fourth-order valence-corrected chi connectivity index (χ4v) is 4.05. The number of benzene rings is 2. The molecule has 0 aliphatic heterocycles. The molecular formula is C19H20ClF3NO3P. The van der Waals surface area contributed by atoms with Crippen LogP contribution in [0.2, 0.25) is 5.02 Å². The van der Waals surface area contributed by atoms with Gasteiger partial charge in [0.2, 0.25) is 5.91 Å². The van der Waals surface area contributed by atoms with Gasteiger partial charge in [0, 0.05) is 23.9 Å². The number of amides is 1. The smallest absolute Gasteiger partial charge is 0.352 e. The third-order valence-electron chi connectivity index (χ3n) is 3.94.